The van der Waals surface area contributed by atoms with Crippen molar-refractivity contribution in [1.29, 1.82) is 0 Å². The zero-order chi connectivity index (χ0) is 21.2. The van der Waals surface area contributed by atoms with Gasteiger partial charge in [0.25, 0.3) is 5.91 Å². The molecule has 1 aromatic carbocycles. The van der Waals surface area contributed by atoms with Crippen LogP contribution in [0.2, 0.25) is 0 Å². The standard InChI is InChI=1S/C18H21F3N4O4/c19-18(20,21)12-7-11(25-5-6-29-9-15(25)26)3-4-13(12)23-17(28)14(8-22)24-16(27)10-1-2-10/h3-4,7,10,14H,1-2,5-6,8-9,22H2,(H,23,28)(H,24,27)/t14-/m1/s1. The summed E-state index contributed by atoms with van der Waals surface area (Å²) >= 11 is 0. The molecule has 158 valence electrons. The molecule has 4 N–H and O–H groups in total. The number of nitrogens with one attached hydrogen (secondary N) is 2. The zero-order valence-electron chi connectivity index (χ0n) is 15.4. The van der Waals surface area contributed by atoms with Crippen molar-refractivity contribution >= 4 is 29.1 Å². The third-order valence-electron chi connectivity index (χ3n) is 4.68. The molecule has 0 spiro atoms. The molecule has 0 unspecified atom stereocenters. The maximum atomic E-state index is 13.6. The van der Waals surface area contributed by atoms with Gasteiger partial charge in [-0.3, -0.25) is 14.4 Å². The number of hydrogen-bond donors (Lipinski definition) is 3. The predicted molar refractivity (Wildman–Crippen MR) is 97.0 cm³/mol. The van der Waals surface area contributed by atoms with Crippen molar-refractivity contribution in [2.24, 2.45) is 11.7 Å². The Morgan fingerprint density at radius 3 is 2.62 bits per heavy atom. The van der Waals surface area contributed by atoms with Gasteiger partial charge in [-0.15, -0.1) is 0 Å². The lowest BCUT2D eigenvalue weighted by Gasteiger charge is -2.28. The lowest BCUT2D eigenvalue weighted by Crippen LogP contribution is -2.49. The second-order valence-electron chi connectivity index (χ2n) is 6.89. The van der Waals surface area contributed by atoms with Crippen LogP contribution in [-0.4, -0.2) is 50.1 Å². The SMILES string of the molecule is NC[C@@H](NC(=O)C1CC1)C(=O)Nc1ccc(N2CCOCC2=O)cc1C(F)(F)F. The lowest BCUT2D eigenvalue weighted by molar-refractivity contribution is -0.137. The van der Waals surface area contributed by atoms with Crippen LogP contribution in [0.3, 0.4) is 0 Å². The molecule has 1 aliphatic carbocycles. The van der Waals surface area contributed by atoms with Gasteiger partial charge in [0.05, 0.1) is 17.9 Å². The number of rotatable bonds is 6. The number of morpholine rings is 1. The number of hydrogen-bond acceptors (Lipinski definition) is 5. The predicted octanol–water partition coefficient (Wildman–Crippen LogP) is 0.861. The summed E-state index contributed by atoms with van der Waals surface area (Å²) < 4.78 is 45.7. The minimum atomic E-state index is -4.77. The van der Waals surface area contributed by atoms with E-state index in [-0.39, 0.29) is 43.8 Å². The molecular formula is C18H21F3N4O4. The van der Waals surface area contributed by atoms with Crippen molar-refractivity contribution in [3.63, 3.8) is 0 Å². The Morgan fingerprint density at radius 1 is 1.31 bits per heavy atom. The maximum absolute atomic E-state index is 13.6. The first-order chi connectivity index (χ1) is 13.7. The van der Waals surface area contributed by atoms with Crippen molar-refractivity contribution in [3.8, 4) is 0 Å². The third-order valence-corrected chi connectivity index (χ3v) is 4.68. The van der Waals surface area contributed by atoms with Crippen molar-refractivity contribution in [2.45, 2.75) is 25.1 Å². The molecule has 11 heteroatoms. The molecule has 0 bridgehead atoms. The number of carbonyl (C=O) groups excluding carboxylic acids is 3. The minimum Gasteiger partial charge on any atom is -0.370 e. The third kappa shape index (κ3) is 5.04. The number of alkyl halides is 3. The molecule has 1 aliphatic heterocycles. The van der Waals surface area contributed by atoms with Gasteiger partial charge in [0.1, 0.15) is 12.6 Å². The Kier molecular flexibility index (Phi) is 6.08. The molecule has 1 saturated carbocycles. The Morgan fingerprint density at radius 2 is 2.03 bits per heavy atom. The van der Waals surface area contributed by atoms with E-state index in [9.17, 15) is 27.6 Å². The molecular weight excluding hydrogens is 393 g/mol. The van der Waals surface area contributed by atoms with Crippen molar-refractivity contribution in [3.05, 3.63) is 23.8 Å². The Labute approximate surface area is 164 Å². The topological polar surface area (TPSA) is 114 Å². The summed E-state index contributed by atoms with van der Waals surface area (Å²) in [6.07, 6.45) is -3.35. The van der Waals surface area contributed by atoms with Gasteiger partial charge < -0.3 is 26.0 Å². The molecule has 3 rings (SSSR count). The summed E-state index contributed by atoms with van der Waals surface area (Å²) in [5.74, 6) is -1.81. The smallest absolute Gasteiger partial charge is 0.370 e. The average molecular weight is 414 g/mol. The number of nitrogens with two attached hydrogens (primary N) is 1. The first-order valence-corrected chi connectivity index (χ1v) is 9.11. The monoisotopic (exact) mass is 414 g/mol. The van der Waals surface area contributed by atoms with Crippen LogP contribution in [0.25, 0.3) is 0 Å². The van der Waals surface area contributed by atoms with Gasteiger partial charge in [0.2, 0.25) is 11.8 Å². The summed E-state index contributed by atoms with van der Waals surface area (Å²) in [5, 5.41) is 4.64. The van der Waals surface area contributed by atoms with Gasteiger partial charge in [-0.25, -0.2) is 0 Å². The first kappa shape index (κ1) is 21.1. The van der Waals surface area contributed by atoms with E-state index in [0.29, 0.717) is 12.8 Å². The molecule has 3 amide bonds. The van der Waals surface area contributed by atoms with E-state index in [1.807, 2.05) is 0 Å². The van der Waals surface area contributed by atoms with Crippen molar-refractivity contribution in [2.75, 3.05) is 36.5 Å². The summed E-state index contributed by atoms with van der Waals surface area (Å²) in [6.45, 7) is -0.126. The summed E-state index contributed by atoms with van der Waals surface area (Å²) in [7, 11) is 0. The van der Waals surface area contributed by atoms with E-state index in [0.717, 1.165) is 12.1 Å². The highest BCUT2D eigenvalue weighted by molar-refractivity contribution is 5.99. The van der Waals surface area contributed by atoms with E-state index >= 15 is 0 Å². The maximum Gasteiger partial charge on any atom is 0.418 e. The molecule has 29 heavy (non-hydrogen) atoms. The van der Waals surface area contributed by atoms with Gasteiger partial charge in [-0.1, -0.05) is 0 Å². The van der Waals surface area contributed by atoms with Crippen molar-refractivity contribution < 1.29 is 32.3 Å². The molecule has 1 heterocycles. The largest absolute Gasteiger partial charge is 0.418 e. The van der Waals surface area contributed by atoms with Gasteiger partial charge in [0.15, 0.2) is 0 Å². The fourth-order valence-electron chi connectivity index (χ4n) is 2.92. The van der Waals surface area contributed by atoms with Crippen LogP contribution in [0.4, 0.5) is 24.5 Å². The second kappa shape index (κ2) is 8.37. The summed E-state index contributed by atoms with van der Waals surface area (Å²) in [6, 6.07) is 2.05. The fraction of sp³-hybridized carbons (Fsp3) is 0.500. The fourth-order valence-corrected chi connectivity index (χ4v) is 2.92. The van der Waals surface area contributed by atoms with Crippen LogP contribution >= 0.6 is 0 Å². The minimum absolute atomic E-state index is 0.0565. The lowest BCUT2D eigenvalue weighted by atomic mass is 10.1. The number of anilines is 2. The number of nitrogens with zero attached hydrogens (tertiary/aromatic N) is 1. The highest BCUT2D eigenvalue weighted by atomic mass is 19.4. The van der Waals surface area contributed by atoms with E-state index < -0.39 is 35.3 Å². The van der Waals surface area contributed by atoms with E-state index in [1.165, 1.54) is 11.0 Å². The normalized spacial score (nSPS) is 18.3. The average Bonchev–Trinajstić information content (AvgIpc) is 3.51. The molecule has 0 aromatic heterocycles. The number of ether oxygens (including phenoxy) is 1. The molecule has 8 nitrogen and oxygen atoms in total. The van der Waals surface area contributed by atoms with Gasteiger partial charge >= 0.3 is 6.18 Å². The second-order valence-corrected chi connectivity index (χ2v) is 6.89. The van der Waals surface area contributed by atoms with E-state index in [1.54, 1.807) is 0 Å². The number of amides is 3. The van der Waals surface area contributed by atoms with Gasteiger partial charge in [-0.05, 0) is 31.0 Å². The molecule has 1 aromatic rings. The Bertz CT molecular complexity index is 811. The van der Waals surface area contributed by atoms with Crippen molar-refractivity contribution in [1.82, 2.24) is 5.32 Å². The summed E-state index contributed by atoms with van der Waals surface area (Å²) in [4.78, 5) is 37.3. The number of carbonyl (C=O) groups is 3. The summed E-state index contributed by atoms with van der Waals surface area (Å²) in [5.41, 5.74) is 3.97. The molecule has 1 saturated heterocycles. The van der Waals surface area contributed by atoms with Gasteiger partial charge in [-0.2, -0.15) is 13.2 Å². The quantitative estimate of drug-likeness (QED) is 0.639. The van der Waals surface area contributed by atoms with Crippen LogP contribution in [0.15, 0.2) is 18.2 Å². The van der Waals surface area contributed by atoms with Crippen LogP contribution in [0.1, 0.15) is 18.4 Å². The Balaban J connectivity index is 1.80. The highest BCUT2D eigenvalue weighted by Gasteiger charge is 2.36. The van der Waals surface area contributed by atoms with Crippen LogP contribution in [0, 0.1) is 5.92 Å². The molecule has 1 atom stereocenters. The molecule has 2 fully saturated rings. The van der Waals surface area contributed by atoms with Crippen LogP contribution < -0.4 is 21.3 Å². The van der Waals surface area contributed by atoms with Gasteiger partial charge in [0, 0.05) is 24.7 Å². The molecule has 0 radical (unpaired) electrons. The highest BCUT2D eigenvalue weighted by Crippen LogP contribution is 2.37. The number of benzene rings is 1. The van der Waals surface area contributed by atoms with Crippen LogP contribution in [-0.2, 0) is 25.3 Å². The molecule has 2 aliphatic rings. The first-order valence-electron chi connectivity index (χ1n) is 9.11. The number of halogens is 3. The Hall–Kier alpha value is -2.66. The van der Waals surface area contributed by atoms with Crippen LogP contribution in [0.5, 0.6) is 0 Å². The zero-order valence-corrected chi connectivity index (χ0v) is 15.4. The van der Waals surface area contributed by atoms with E-state index in [2.05, 4.69) is 10.6 Å². The van der Waals surface area contributed by atoms with E-state index in [4.69, 9.17) is 10.5 Å².